The Morgan fingerprint density at radius 3 is 0.848 bits per heavy atom. The van der Waals surface area contributed by atoms with Crippen LogP contribution in [0.4, 0.5) is 0 Å². The fourth-order valence-corrected chi connectivity index (χ4v) is 6.95. The predicted octanol–water partition coefficient (Wildman–Crippen LogP) is 8.44. The molecule has 0 bridgehead atoms. The SMILES string of the molecule is O=C(Oc1ccccc1[S+](c1ccccc1OC(=O)c1ccccc1)c1ccccc1OC(=O)c1ccccc1)c1ccccc1. The van der Waals surface area contributed by atoms with Gasteiger partial charge in [-0.15, -0.1) is 0 Å². The van der Waals surface area contributed by atoms with Gasteiger partial charge in [-0.25, -0.2) is 14.4 Å². The molecule has 7 heteroatoms. The standard InChI is InChI=1S/C39H27O6S/c40-37(28-16-4-1-5-17-28)43-31-22-10-13-25-34(31)46(35-26-14-11-23-32(35)44-38(41)29-18-6-2-7-19-29)36-27-15-12-24-33(36)45-39(42)30-20-8-3-9-21-30/h1-27H/q+1. The molecule has 6 aromatic carbocycles. The van der Waals surface area contributed by atoms with Crippen molar-refractivity contribution in [3.8, 4) is 17.2 Å². The predicted molar refractivity (Wildman–Crippen MR) is 176 cm³/mol. The quantitative estimate of drug-likeness (QED) is 0.0914. The van der Waals surface area contributed by atoms with Crippen LogP contribution in [0, 0.1) is 0 Å². The number of carbonyl (C=O) groups is 3. The number of hydrogen-bond donors (Lipinski definition) is 0. The van der Waals surface area contributed by atoms with Crippen molar-refractivity contribution >= 4 is 28.8 Å². The average Bonchev–Trinajstić information content (AvgIpc) is 3.11. The zero-order valence-electron chi connectivity index (χ0n) is 24.4. The summed E-state index contributed by atoms with van der Waals surface area (Å²) in [7, 11) is -1.10. The van der Waals surface area contributed by atoms with E-state index in [-0.39, 0.29) is 0 Å². The number of rotatable bonds is 9. The van der Waals surface area contributed by atoms with Crippen LogP contribution >= 0.6 is 0 Å². The molecule has 0 heterocycles. The highest BCUT2D eigenvalue weighted by Gasteiger charge is 2.39. The third kappa shape index (κ3) is 6.90. The van der Waals surface area contributed by atoms with Crippen molar-refractivity contribution in [2.75, 3.05) is 0 Å². The monoisotopic (exact) mass is 623 g/mol. The minimum absolute atomic E-state index is 0.313. The molecule has 0 atom stereocenters. The lowest BCUT2D eigenvalue weighted by Gasteiger charge is -2.16. The maximum atomic E-state index is 13.2. The van der Waals surface area contributed by atoms with Gasteiger partial charge in [-0.2, -0.15) is 0 Å². The first-order valence-electron chi connectivity index (χ1n) is 14.4. The molecule has 224 valence electrons. The summed E-state index contributed by atoms with van der Waals surface area (Å²) in [4.78, 5) is 41.6. The summed E-state index contributed by atoms with van der Waals surface area (Å²) in [6.07, 6.45) is 0. The minimum Gasteiger partial charge on any atom is -0.418 e. The Balaban J connectivity index is 1.48. The third-order valence-corrected chi connectivity index (χ3v) is 9.17. The fraction of sp³-hybridized carbons (Fsp3) is 0. The van der Waals surface area contributed by atoms with Crippen LogP contribution in [0.5, 0.6) is 17.2 Å². The summed E-state index contributed by atoms with van der Waals surface area (Å²) in [5.41, 5.74) is 1.18. The van der Waals surface area contributed by atoms with Gasteiger partial charge >= 0.3 is 17.9 Å². The first kappa shape index (κ1) is 30.1. The second-order valence-corrected chi connectivity index (χ2v) is 11.8. The first-order chi connectivity index (χ1) is 22.6. The van der Waals surface area contributed by atoms with E-state index in [0.717, 1.165) is 0 Å². The van der Waals surface area contributed by atoms with E-state index < -0.39 is 28.8 Å². The highest BCUT2D eigenvalue weighted by Crippen LogP contribution is 2.44. The second-order valence-electron chi connectivity index (χ2n) is 9.91. The molecule has 0 N–H and O–H groups in total. The third-order valence-electron chi connectivity index (χ3n) is 6.84. The van der Waals surface area contributed by atoms with Crippen LogP contribution in [0.3, 0.4) is 0 Å². The summed E-state index contributed by atoms with van der Waals surface area (Å²) in [5, 5.41) is 0. The zero-order valence-corrected chi connectivity index (χ0v) is 25.3. The Bertz CT molecular complexity index is 1750. The number of para-hydroxylation sites is 3. The largest absolute Gasteiger partial charge is 0.418 e. The van der Waals surface area contributed by atoms with E-state index >= 15 is 0 Å². The molecule has 0 aromatic heterocycles. The number of benzene rings is 6. The van der Waals surface area contributed by atoms with Crippen molar-refractivity contribution in [2.24, 2.45) is 0 Å². The molecule has 6 aromatic rings. The molecule has 0 aliphatic carbocycles. The molecular weight excluding hydrogens is 596 g/mol. The molecule has 6 rings (SSSR count). The number of carbonyl (C=O) groups excluding carboxylic acids is 3. The molecule has 0 fully saturated rings. The normalized spacial score (nSPS) is 10.6. The van der Waals surface area contributed by atoms with Gasteiger partial charge in [0.05, 0.1) is 16.7 Å². The summed E-state index contributed by atoms with van der Waals surface area (Å²) in [6, 6.07) is 47.7. The van der Waals surface area contributed by atoms with E-state index in [4.69, 9.17) is 14.2 Å². The van der Waals surface area contributed by atoms with E-state index in [0.29, 0.717) is 48.6 Å². The molecule has 6 nitrogen and oxygen atoms in total. The van der Waals surface area contributed by atoms with Crippen molar-refractivity contribution in [2.45, 2.75) is 14.7 Å². The van der Waals surface area contributed by atoms with E-state index in [1.807, 2.05) is 54.6 Å². The van der Waals surface area contributed by atoms with Crippen molar-refractivity contribution in [3.63, 3.8) is 0 Å². The van der Waals surface area contributed by atoms with E-state index in [1.54, 1.807) is 109 Å². The van der Waals surface area contributed by atoms with Crippen molar-refractivity contribution in [1.82, 2.24) is 0 Å². The zero-order chi connectivity index (χ0) is 31.7. The van der Waals surface area contributed by atoms with Gasteiger partial charge in [-0.3, -0.25) is 0 Å². The van der Waals surface area contributed by atoms with Gasteiger partial charge in [0.25, 0.3) is 0 Å². The van der Waals surface area contributed by atoms with Crippen LogP contribution in [-0.2, 0) is 10.9 Å². The highest BCUT2D eigenvalue weighted by molar-refractivity contribution is 7.97. The van der Waals surface area contributed by atoms with Gasteiger partial charge < -0.3 is 14.2 Å². The van der Waals surface area contributed by atoms with Gasteiger partial charge in [-0.05, 0) is 72.8 Å². The van der Waals surface area contributed by atoms with Crippen LogP contribution in [0.15, 0.2) is 178 Å². The number of hydrogen-bond acceptors (Lipinski definition) is 6. The van der Waals surface area contributed by atoms with Gasteiger partial charge in [0, 0.05) is 0 Å². The number of ether oxygens (including phenoxy) is 3. The smallest absolute Gasteiger partial charge is 0.343 e. The highest BCUT2D eigenvalue weighted by atomic mass is 32.2. The Kier molecular flexibility index (Phi) is 9.33. The lowest BCUT2D eigenvalue weighted by molar-refractivity contribution is 0.0721. The molecule has 0 aliphatic heterocycles. The van der Waals surface area contributed by atoms with Gasteiger partial charge in [0.15, 0.2) is 17.2 Å². The fourth-order valence-electron chi connectivity index (χ4n) is 4.66. The van der Waals surface area contributed by atoms with Crippen molar-refractivity contribution in [3.05, 3.63) is 180 Å². The van der Waals surface area contributed by atoms with Crippen LogP contribution < -0.4 is 14.2 Å². The first-order valence-corrected chi connectivity index (χ1v) is 15.6. The lowest BCUT2D eigenvalue weighted by Crippen LogP contribution is -2.16. The Labute approximate surface area is 269 Å². The van der Waals surface area contributed by atoms with Gasteiger partial charge in [0.2, 0.25) is 14.7 Å². The lowest BCUT2D eigenvalue weighted by atomic mass is 10.2. The molecule has 0 spiro atoms. The van der Waals surface area contributed by atoms with Crippen LogP contribution in [0.1, 0.15) is 31.1 Å². The summed E-state index contributed by atoms with van der Waals surface area (Å²) in [5.74, 6) is -0.633. The van der Waals surface area contributed by atoms with Gasteiger partial charge in [-0.1, -0.05) is 91.0 Å². The topological polar surface area (TPSA) is 78.9 Å². The molecule has 0 saturated heterocycles. The Hall–Kier alpha value is -5.92. The summed E-state index contributed by atoms with van der Waals surface area (Å²) < 4.78 is 18.0. The molecule has 0 aliphatic rings. The van der Waals surface area contributed by atoms with Crippen molar-refractivity contribution < 1.29 is 28.6 Å². The second kappa shape index (κ2) is 14.2. The molecule has 0 amide bonds. The van der Waals surface area contributed by atoms with E-state index in [1.165, 1.54) is 0 Å². The molecule has 0 radical (unpaired) electrons. The molecule has 0 unspecified atom stereocenters. The maximum absolute atomic E-state index is 13.2. The Morgan fingerprint density at radius 2 is 0.565 bits per heavy atom. The summed E-state index contributed by atoms with van der Waals surface area (Å²) in [6.45, 7) is 0. The minimum atomic E-state index is -1.10. The maximum Gasteiger partial charge on any atom is 0.343 e. The van der Waals surface area contributed by atoms with Crippen molar-refractivity contribution in [1.29, 1.82) is 0 Å². The molecule has 0 saturated carbocycles. The average molecular weight is 624 g/mol. The number of esters is 3. The molecular formula is C39H27O6S+. The van der Waals surface area contributed by atoms with Crippen LogP contribution in [0.2, 0.25) is 0 Å². The Morgan fingerprint density at radius 1 is 0.326 bits per heavy atom. The van der Waals surface area contributed by atoms with Crippen LogP contribution in [0.25, 0.3) is 0 Å². The summed E-state index contributed by atoms with van der Waals surface area (Å²) >= 11 is 0. The van der Waals surface area contributed by atoms with Gasteiger partial charge in [0.1, 0.15) is 10.9 Å². The van der Waals surface area contributed by atoms with Crippen LogP contribution in [-0.4, -0.2) is 17.9 Å². The van der Waals surface area contributed by atoms with E-state index in [2.05, 4.69) is 0 Å². The van der Waals surface area contributed by atoms with E-state index in [9.17, 15) is 14.4 Å². The molecule has 46 heavy (non-hydrogen) atoms.